The van der Waals surface area contributed by atoms with E-state index in [9.17, 15) is 19.5 Å². The molecule has 2 aromatic rings. The number of halogens is 1. The van der Waals surface area contributed by atoms with E-state index in [1.165, 1.54) is 9.80 Å². The molecule has 0 aromatic heterocycles. The topological polar surface area (TPSA) is 90.4 Å². The molecule has 3 aliphatic rings. The maximum atomic E-state index is 14.9. The number of amides is 3. The normalized spacial score (nSPS) is 27.7. The predicted molar refractivity (Wildman–Crippen MR) is 172 cm³/mol. The van der Waals surface area contributed by atoms with Crippen molar-refractivity contribution in [2.75, 3.05) is 29.5 Å². The van der Waals surface area contributed by atoms with Gasteiger partial charge in [0.15, 0.2) is 0 Å². The van der Waals surface area contributed by atoms with E-state index in [0.29, 0.717) is 35.7 Å². The lowest BCUT2D eigenvalue weighted by molar-refractivity contribution is -0.148. The molecular formula is C35H42ClN3O5. The summed E-state index contributed by atoms with van der Waals surface area (Å²) in [5.74, 6) is -2.57. The van der Waals surface area contributed by atoms with Gasteiger partial charge >= 0.3 is 0 Å². The molecular weight excluding hydrogens is 578 g/mol. The number of aliphatic hydroxyl groups is 1. The fourth-order valence-corrected chi connectivity index (χ4v) is 7.95. The Balaban J connectivity index is 1.65. The van der Waals surface area contributed by atoms with Crippen LogP contribution in [0.2, 0.25) is 5.02 Å². The number of anilines is 2. The van der Waals surface area contributed by atoms with Crippen molar-refractivity contribution in [1.29, 1.82) is 0 Å². The number of hydrogen-bond acceptors (Lipinski definition) is 5. The summed E-state index contributed by atoms with van der Waals surface area (Å²) in [6.45, 7) is 13.7. The number of carbonyl (C=O) groups excluding carboxylic acids is 3. The fraction of sp³-hybridized carbons (Fsp3) is 0.457. The first-order valence-corrected chi connectivity index (χ1v) is 15.7. The quantitative estimate of drug-likeness (QED) is 0.328. The number of hydrogen-bond donors (Lipinski definition) is 1. The second-order valence-electron chi connectivity index (χ2n) is 12.7. The first kappa shape index (κ1) is 31.9. The summed E-state index contributed by atoms with van der Waals surface area (Å²) < 4.78 is 6.87. The largest absolute Gasteiger partial charge is 0.394 e. The van der Waals surface area contributed by atoms with E-state index in [2.05, 4.69) is 13.2 Å². The van der Waals surface area contributed by atoms with Gasteiger partial charge in [-0.1, -0.05) is 67.9 Å². The van der Waals surface area contributed by atoms with E-state index in [1.807, 2.05) is 51.1 Å². The lowest BCUT2D eigenvalue weighted by Gasteiger charge is -2.40. The van der Waals surface area contributed by atoms with Gasteiger partial charge in [-0.15, -0.1) is 13.2 Å². The average Bonchev–Trinajstić information content (AvgIpc) is 3.58. The van der Waals surface area contributed by atoms with Crippen molar-refractivity contribution in [2.24, 2.45) is 17.8 Å². The molecule has 9 heteroatoms. The van der Waals surface area contributed by atoms with Crippen molar-refractivity contribution < 1.29 is 24.2 Å². The molecule has 2 aromatic carbocycles. The van der Waals surface area contributed by atoms with Gasteiger partial charge in [0.2, 0.25) is 11.8 Å². The van der Waals surface area contributed by atoms with Gasteiger partial charge in [-0.05, 0) is 56.4 Å². The zero-order valence-electron chi connectivity index (χ0n) is 25.7. The number of rotatable bonds is 12. The Morgan fingerprint density at radius 3 is 2.30 bits per heavy atom. The smallest absolute Gasteiger partial charge is 0.253 e. The highest BCUT2D eigenvalue weighted by atomic mass is 35.5. The Bertz CT molecular complexity index is 1430. The van der Waals surface area contributed by atoms with Crippen LogP contribution in [0.3, 0.4) is 0 Å². The molecule has 0 saturated carbocycles. The zero-order chi connectivity index (χ0) is 31.8. The summed E-state index contributed by atoms with van der Waals surface area (Å²) in [6, 6.07) is 14.6. The standard InChI is InChI=1S/C35H42ClN3O5/c1-6-19-37(24-13-9-8-10-14-24)31(41)28-29-32(42)39(25(22-40)21-23(3)4)30(35(29)18-17-34(28,5)44-35)33(43)38(20-7-2)27-16-12-11-15-26(27)36/h6-16,23,25,28-30,40H,1-2,17-22H2,3-5H3/t25-,28-,29+,30?,34+,35?/m1/s1. The van der Waals surface area contributed by atoms with Crippen LogP contribution in [0.4, 0.5) is 11.4 Å². The molecule has 6 atom stereocenters. The van der Waals surface area contributed by atoms with Crippen LogP contribution in [0.25, 0.3) is 0 Å². The average molecular weight is 620 g/mol. The fourth-order valence-electron chi connectivity index (χ4n) is 7.71. The van der Waals surface area contributed by atoms with Gasteiger partial charge in [-0.25, -0.2) is 0 Å². The SMILES string of the molecule is C=CCN(C(=O)[C@H]1[C@H]2C(=O)N([C@@H](CO)CC(C)C)C(C(=O)N(CC=C)c3ccccc3Cl)C23CC[C@]1(C)O3)c1ccccc1. The molecule has 0 aliphatic carbocycles. The molecule has 234 valence electrons. The van der Waals surface area contributed by atoms with Gasteiger partial charge in [-0.2, -0.15) is 0 Å². The number of fused-ring (bicyclic) bond motifs is 1. The van der Waals surface area contributed by atoms with Crippen LogP contribution in [-0.2, 0) is 19.1 Å². The van der Waals surface area contributed by atoms with E-state index in [-0.39, 0.29) is 43.3 Å². The van der Waals surface area contributed by atoms with E-state index >= 15 is 0 Å². The van der Waals surface area contributed by atoms with Crippen LogP contribution in [0.1, 0.15) is 40.0 Å². The summed E-state index contributed by atoms with van der Waals surface area (Å²) in [7, 11) is 0. The highest BCUT2D eigenvalue weighted by molar-refractivity contribution is 6.34. The summed E-state index contributed by atoms with van der Waals surface area (Å²) in [5.41, 5.74) is -1.04. The van der Waals surface area contributed by atoms with E-state index in [1.54, 1.807) is 41.3 Å². The second-order valence-corrected chi connectivity index (χ2v) is 13.1. The Labute approximate surface area is 264 Å². The molecule has 1 spiro atoms. The van der Waals surface area contributed by atoms with Gasteiger partial charge in [-0.3, -0.25) is 14.4 Å². The number of nitrogens with zero attached hydrogens (tertiary/aromatic N) is 3. The van der Waals surface area contributed by atoms with Crippen LogP contribution in [-0.4, -0.2) is 70.7 Å². The maximum absolute atomic E-state index is 14.9. The third kappa shape index (κ3) is 5.17. The Morgan fingerprint density at radius 2 is 1.68 bits per heavy atom. The van der Waals surface area contributed by atoms with Crippen molar-refractivity contribution in [3.05, 3.63) is 84.9 Å². The molecule has 3 fully saturated rings. The lowest BCUT2D eigenvalue weighted by atomic mass is 9.66. The Morgan fingerprint density at radius 1 is 1.05 bits per heavy atom. The molecule has 2 bridgehead atoms. The highest BCUT2D eigenvalue weighted by Crippen LogP contribution is 2.64. The number of likely N-dealkylation sites (tertiary alicyclic amines) is 1. The minimum Gasteiger partial charge on any atom is -0.394 e. The molecule has 3 aliphatic heterocycles. The number of benzene rings is 2. The minimum absolute atomic E-state index is 0.134. The highest BCUT2D eigenvalue weighted by Gasteiger charge is 2.79. The van der Waals surface area contributed by atoms with Gasteiger partial charge in [0.05, 0.1) is 40.8 Å². The second kappa shape index (κ2) is 12.5. The summed E-state index contributed by atoms with van der Waals surface area (Å²) >= 11 is 6.59. The molecule has 44 heavy (non-hydrogen) atoms. The van der Waals surface area contributed by atoms with Crippen molar-refractivity contribution in [2.45, 2.75) is 63.3 Å². The molecule has 3 amide bonds. The predicted octanol–water partition coefficient (Wildman–Crippen LogP) is 5.25. The number of ether oxygens (including phenoxy) is 1. The molecule has 1 N–H and O–H groups in total. The molecule has 8 nitrogen and oxygen atoms in total. The third-order valence-corrected chi connectivity index (χ3v) is 9.75. The van der Waals surface area contributed by atoms with Crippen molar-refractivity contribution in [3.8, 4) is 0 Å². The maximum Gasteiger partial charge on any atom is 0.253 e. The number of carbonyl (C=O) groups is 3. The van der Waals surface area contributed by atoms with Crippen molar-refractivity contribution >= 4 is 40.7 Å². The molecule has 2 unspecified atom stereocenters. The summed E-state index contributed by atoms with van der Waals surface area (Å²) in [6.07, 6.45) is 4.68. The Kier molecular flexibility index (Phi) is 9.08. The minimum atomic E-state index is -1.26. The molecule has 0 radical (unpaired) electrons. The van der Waals surface area contributed by atoms with Gasteiger partial charge in [0.1, 0.15) is 11.6 Å². The number of aliphatic hydroxyl groups excluding tert-OH is 1. The van der Waals surface area contributed by atoms with E-state index < -0.39 is 35.1 Å². The molecule has 3 saturated heterocycles. The van der Waals surface area contributed by atoms with Crippen LogP contribution in [0, 0.1) is 17.8 Å². The molecule has 3 heterocycles. The first-order valence-electron chi connectivity index (χ1n) is 15.3. The third-order valence-electron chi connectivity index (χ3n) is 9.43. The zero-order valence-corrected chi connectivity index (χ0v) is 26.5. The number of para-hydroxylation sites is 2. The van der Waals surface area contributed by atoms with Crippen LogP contribution >= 0.6 is 11.6 Å². The summed E-state index contributed by atoms with van der Waals surface area (Å²) in [5, 5.41) is 11.0. The van der Waals surface area contributed by atoms with Crippen LogP contribution in [0.15, 0.2) is 79.9 Å². The monoisotopic (exact) mass is 619 g/mol. The van der Waals surface area contributed by atoms with E-state index in [0.717, 1.165) is 0 Å². The van der Waals surface area contributed by atoms with Crippen LogP contribution in [0.5, 0.6) is 0 Å². The van der Waals surface area contributed by atoms with Crippen LogP contribution < -0.4 is 9.80 Å². The van der Waals surface area contributed by atoms with Gasteiger partial charge in [0.25, 0.3) is 5.91 Å². The van der Waals surface area contributed by atoms with Crippen molar-refractivity contribution in [1.82, 2.24) is 4.90 Å². The van der Waals surface area contributed by atoms with Gasteiger partial charge < -0.3 is 24.5 Å². The lowest BCUT2D eigenvalue weighted by Crippen LogP contribution is -2.59. The summed E-state index contributed by atoms with van der Waals surface area (Å²) in [4.78, 5) is 48.9. The first-order chi connectivity index (χ1) is 21.0. The Hall–Kier alpha value is -3.46. The van der Waals surface area contributed by atoms with Crippen molar-refractivity contribution in [3.63, 3.8) is 0 Å². The van der Waals surface area contributed by atoms with E-state index in [4.69, 9.17) is 16.3 Å². The molecule has 5 rings (SSSR count). The van der Waals surface area contributed by atoms with Gasteiger partial charge in [0, 0.05) is 18.8 Å².